The highest BCUT2D eigenvalue weighted by atomic mass is 32.2. The number of aliphatic hydroxyl groups excluding tert-OH is 1. The summed E-state index contributed by atoms with van der Waals surface area (Å²) in [6, 6.07) is -1.03. The molecule has 0 aromatic carbocycles. The number of fused-ring (bicyclic) bond motifs is 1. The standard InChI is InChI=1S/C22H36N8O4S/c1-10-16(9-30-19(10)18(21(30)34)11(2)27-17(32)6-25-3)35-12-4-13(26-5-12)20(33)29-7-14(15(31)8-29)28-22(23)24/h9-15,18-19,25-26,31H,4-8H2,1-3H3,(H,27,32)(H4,23,24,28)/t10-,11+,12-,13-,14+,15+,18+,19+/m0/s1. The first kappa shape index (κ1) is 25.7. The van der Waals surface area contributed by atoms with E-state index in [-0.39, 0.29) is 72.0 Å². The van der Waals surface area contributed by atoms with E-state index < -0.39 is 12.1 Å². The Morgan fingerprint density at radius 2 is 2.11 bits per heavy atom. The van der Waals surface area contributed by atoms with Crippen molar-refractivity contribution in [3.63, 3.8) is 0 Å². The van der Waals surface area contributed by atoms with Gasteiger partial charge in [-0.3, -0.25) is 14.4 Å². The summed E-state index contributed by atoms with van der Waals surface area (Å²) in [5.74, 6) is -0.319. The molecule has 4 rings (SSSR count). The van der Waals surface area contributed by atoms with E-state index >= 15 is 0 Å². The number of amides is 3. The molecule has 4 aliphatic rings. The van der Waals surface area contributed by atoms with Crippen LogP contribution in [0.5, 0.6) is 0 Å². The van der Waals surface area contributed by atoms with Crippen molar-refractivity contribution in [1.29, 1.82) is 0 Å². The van der Waals surface area contributed by atoms with Crippen molar-refractivity contribution in [3.8, 4) is 0 Å². The van der Waals surface area contributed by atoms with Crippen LogP contribution in [0.4, 0.5) is 0 Å². The van der Waals surface area contributed by atoms with E-state index in [1.807, 2.05) is 13.1 Å². The van der Waals surface area contributed by atoms with Crippen LogP contribution in [-0.2, 0) is 14.4 Å². The highest BCUT2D eigenvalue weighted by Gasteiger charge is 2.56. The van der Waals surface area contributed by atoms with Gasteiger partial charge in [0.15, 0.2) is 5.96 Å². The quantitative estimate of drug-likeness (QED) is 0.116. The number of nitrogens with zero attached hydrogens (tertiary/aromatic N) is 3. The smallest absolute Gasteiger partial charge is 0.239 e. The molecule has 194 valence electrons. The van der Waals surface area contributed by atoms with Gasteiger partial charge in [-0.15, -0.1) is 11.8 Å². The molecule has 13 heteroatoms. The second-order valence-corrected chi connectivity index (χ2v) is 11.2. The van der Waals surface area contributed by atoms with Gasteiger partial charge in [-0.05, 0) is 20.4 Å². The van der Waals surface area contributed by atoms with Crippen LogP contribution in [0.1, 0.15) is 20.3 Å². The maximum Gasteiger partial charge on any atom is 0.239 e. The summed E-state index contributed by atoms with van der Waals surface area (Å²) < 4.78 is 0. The number of aliphatic hydroxyl groups is 1. The first-order chi connectivity index (χ1) is 16.6. The van der Waals surface area contributed by atoms with Crippen LogP contribution in [0.15, 0.2) is 16.1 Å². The highest BCUT2D eigenvalue weighted by Crippen LogP contribution is 2.48. The summed E-state index contributed by atoms with van der Waals surface area (Å²) in [5.41, 5.74) is 10.8. The number of likely N-dealkylation sites (N-methyl/N-ethyl adjacent to an activating group) is 1. The highest BCUT2D eigenvalue weighted by molar-refractivity contribution is 8.03. The number of nitrogens with one attached hydrogen (secondary N) is 3. The van der Waals surface area contributed by atoms with E-state index in [1.54, 1.807) is 28.6 Å². The number of hydrogen-bond donors (Lipinski definition) is 6. The van der Waals surface area contributed by atoms with Crippen LogP contribution < -0.4 is 27.4 Å². The monoisotopic (exact) mass is 508 g/mol. The summed E-state index contributed by atoms with van der Waals surface area (Å²) in [6.45, 7) is 5.40. The first-order valence-electron chi connectivity index (χ1n) is 12.0. The lowest BCUT2D eigenvalue weighted by Gasteiger charge is -2.46. The van der Waals surface area contributed by atoms with E-state index in [0.29, 0.717) is 19.5 Å². The Kier molecular flexibility index (Phi) is 7.60. The number of likely N-dealkylation sites (tertiary alicyclic amines) is 1. The van der Waals surface area contributed by atoms with E-state index in [2.05, 4.69) is 27.9 Å². The van der Waals surface area contributed by atoms with Crippen LogP contribution >= 0.6 is 11.8 Å². The third-order valence-corrected chi connectivity index (χ3v) is 8.74. The molecule has 0 aromatic rings. The summed E-state index contributed by atoms with van der Waals surface area (Å²) in [6.07, 6.45) is 1.82. The van der Waals surface area contributed by atoms with Crippen molar-refractivity contribution in [2.24, 2.45) is 28.3 Å². The van der Waals surface area contributed by atoms with Gasteiger partial charge in [0, 0.05) is 47.9 Å². The van der Waals surface area contributed by atoms with Crippen LogP contribution in [-0.4, -0.2) is 107 Å². The van der Waals surface area contributed by atoms with Crippen LogP contribution in [0.25, 0.3) is 0 Å². The number of nitrogens with two attached hydrogens (primary N) is 2. The van der Waals surface area contributed by atoms with Gasteiger partial charge in [-0.25, -0.2) is 4.99 Å². The zero-order valence-corrected chi connectivity index (χ0v) is 21.1. The maximum atomic E-state index is 13.0. The van der Waals surface area contributed by atoms with Gasteiger partial charge in [-0.1, -0.05) is 6.92 Å². The van der Waals surface area contributed by atoms with Crippen molar-refractivity contribution in [2.45, 2.75) is 55.8 Å². The molecular weight excluding hydrogens is 472 g/mol. The molecule has 4 aliphatic heterocycles. The normalized spacial score (nSPS) is 34.8. The maximum absolute atomic E-state index is 13.0. The van der Waals surface area contributed by atoms with Crippen molar-refractivity contribution in [1.82, 2.24) is 25.8 Å². The minimum Gasteiger partial charge on any atom is -0.389 e. The molecule has 0 radical (unpaired) electrons. The number of guanidine groups is 1. The van der Waals surface area contributed by atoms with Crippen molar-refractivity contribution < 1.29 is 19.5 Å². The minimum absolute atomic E-state index is 0.0372. The van der Waals surface area contributed by atoms with Crippen LogP contribution in [0, 0.1) is 11.8 Å². The first-order valence-corrected chi connectivity index (χ1v) is 12.9. The molecule has 35 heavy (non-hydrogen) atoms. The van der Waals surface area contributed by atoms with Gasteiger partial charge in [0.05, 0.1) is 36.7 Å². The molecule has 0 aromatic heterocycles. The third kappa shape index (κ3) is 5.13. The fourth-order valence-corrected chi connectivity index (χ4v) is 6.93. The number of hydrogen-bond acceptors (Lipinski definition) is 8. The SMILES string of the molecule is CNCC(=O)N[C@H](C)[C@H]1C(=O)N2C=C(S[C@@H]3CN[C@H](C(=O)N4C[C@@H](O)[C@H](N=C(N)N)C4)C3)[C@H](C)[C@H]12. The third-order valence-electron chi connectivity index (χ3n) is 7.30. The van der Waals surface area contributed by atoms with Gasteiger partial charge in [0.25, 0.3) is 0 Å². The molecule has 0 spiro atoms. The molecule has 3 amide bonds. The predicted molar refractivity (Wildman–Crippen MR) is 133 cm³/mol. The van der Waals surface area contributed by atoms with Crippen LogP contribution in [0.3, 0.4) is 0 Å². The number of rotatable bonds is 8. The molecular formula is C22H36N8O4S. The molecule has 0 bridgehead atoms. The zero-order valence-electron chi connectivity index (χ0n) is 20.3. The Bertz CT molecular complexity index is 925. The van der Waals surface area contributed by atoms with Gasteiger partial charge in [-0.2, -0.15) is 0 Å². The number of aliphatic imine (C=N–C) groups is 1. The lowest BCUT2D eigenvalue weighted by molar-refractivity contribution is -0.153. The number of β-amino-alcohol motifs (C(OH)–C–C–N with tert-alkyl or cyclic N) is 1. The Hall–Kier alpha value is -2.35. The molecule has 0 aliphatic carbocycles. The lowest BCUT2D eigenvalue weighted by Crippen LogP contribution is -2.65. The van der Waals surface area contributed by atoms with Crippen LogP contribution in [0.2, 0.25) is 0 Å². The van der Waals surface area contributed by atoms with Gasteiger partial charge in [0.2, 0.25) is 17.7 Å². The molecule has 8 N–H and O–H groups in total. The second-order valence-electron chi connectivity index (χ2n) is 9.84. The van der Waals surface area contributed by atoms with E-state index in [4.69, 9.17) is 11.5 Å². The average molecular weight is 509 g/mol. The fourth-order valence-electron chi connectivity index (χ4n) is 5.55. The van der Waals surface area contributed by atoms with Crippen molar-refractivity contribution in [2.75, 3.05) is 33.2 Å². The Labute approximate surface area is 209 Å². The molecule has 0 saturated carbocycles. The molecule has 12 nitrogen and oxygen atoms in total. The summed E-state index contributed by atoms with van der Waals surface area (Å²) >= 11 is 1.71. The number of β-lactam (4-membered cyclic amide) rings is 1. The average Bonchev–Trinajstić information content (AvgIpc) is 3.46. The minimum atomic E-state index is -0.780. The van der Waals surface area contributed by atoms with E-state index in [1.165, 1.54) is 0 Å². The van der Waals surface area contributed by atoms with Gasteiger partial charge < -0.3 is 42.3 Å². The van der Waals surface area contributed by atoms with Crippen molar-refractivity contribution in [3.05, 3.63) is 11.1 Å². The Morgan fingerprint density at radius 1 is 1.37 bits per heavy atom. The second kappa shape index (κ2) is 10.3. The van der Waals surface area contributed by atoms with E-state index in [0.717, 1.165) is 4.91 Å². The van der Waals surface area contributed by atoms with Gasteiger partial charge >= 0.3 is 0 Å². The molecule has 4 heterocycles. The molecule has 8 atom stereocenters. The van der Waals surface area contributed by atoms with E-state index in [9.17, 15) is 19.5 Å². The lowest BCUT2D eigenvalue weighted by atomic mass is 9.78. The largest absolute Gasteiger partial charge is 0.389 e. The molecule has 3 fully saturated rings. The Balaban J connectivity index is 1.30. The molecule has 3 saturated heterocycles. The van der Waals surface area contributed by atoms with Gasteiger partial charge in [0.1, 0.15) is 0 Å². The number of thioether (sulfide) groups is 1. The topological polar surface area (TPSA) is 178 Å². The fraction of sp³-hybridized carbons (Fsp3) is 0.727. The predicted octanol–water partition coefficient (Wildman–Crippen LogP) is -2.66. The number of carbonyl (C=O) groups excluding carboxylic acids is 3. The summed E-state index contributed by atoms with van der Waals surface area (Å²) in [7, 11) is 1.71. The zero-order chi connectivity index (χ0) is 25.4. The Morgan fingerprint density at radius 3 is 2.80 bits per heavy atom. The summed E-state index contributed by atoms with van der Waals surface area (Å²) in [4.78, 5) is 46.3. The number of carbonyl (C=O) groups is 3. The summed E-state index contributed by atoms with van der Waals surface area (Å²) in [5, 5.41) is 19.4. The van der Waals surface area contributed by atoms with Crippen molar-refractivity contribution >= 4 is 35.4 Å². The molecule has 0 unspecified atom stereocenters.